The van der Waals surface area contributed by atoms with Crippen molar-refractivity contribution in [2.24, 2.45) is 10.8 Å². The Balaban J connectivity index is 1.63. The van der Waals surface area contributed by atoms with Crippen LogP contribution in [0.5, 0.6) is 0 Å². The van der Waals surface area contributed by atoms with E-state index in [2.05, 4.69) is 11.8 Å². The third kappa shape index (κ3) is 1.66. The van der Waals surface area contributed by atoms with Gasteiger partial charge in [0.2, 0.25) is 0 Å². The minimum Gasteiger partial charge on any atom is -0.469 e. The molecule has 2 bridgehead atoms. The Morgan fingerprint density at radius 2 is 1.72 bits per heavy atom. The topological polar surface area (TPSA) is 46.5 Å². The van der Waals surface area contributed by atoms with Gasteiger partial charge < -0.3 is 9.84 Å². The molecule has 4 saturated carbocycles. The average molecular weight is 248 g/mol. The van der Waals surface area contributed by atoms with E-state index in [1.54, 1.807) is 0 Å². The molecule has 0 aromatic rings. The molecule has 0 atom stereocenters. The number of carbonyl (C=O) groups is 1. The van der Waals surface area contributed by atoms with Gasteiger partial charge in [0.15, 0.2) is 0 Å². The molecule has 0 radical (unpaired) electrons. The molecule has 0 unspecified atom stereocenters. The van der Waals surface area contributed by atoms with Gasteiger partial charge in [0.25, 0.3) is 0 Å². The molecule has 0 saturated heterocycles. The van der Waals surface area contributed by atoms with Crippen LogP contribution in [0, 0.1) is 22.7 Å². The van der Waals surface area contributed by atoms with E-state index in [4.69, 9.17) is 4.74 Å². The maximum atomic E-state index is 11.5. The molecular weight excluding hydrogens is 228 g/mol. The lowest BCUT2D eigenvalue weighted by Crippen LogP contribution is -2.65. The molecule has 4 rings (SSSR count). The quantitative estimate of drug-likeness (QED) is 0.570. The molecule has 0 aromatic carbocycles. The number of carbonyl (C=O) groups excluding carboxylic acids is 1. The molecule has 0 amide bonds. The third-order valence-corrected chi connectivity index (χ3v) is 4.89. The van der Waals surface area contributed by atoms with Crippen LogP contribution in [-0.4, -0.2) is 23.8 Å². The number of ether oxygens (including phenoxy) is 1. The monoisotopic (exact) mass is 248 g/mol. The third-order valence-electron chi connectivity index (χ3n) is 4.89. The highest BCUT2D eigenvalue weighted by molar-refractivity contribution is 5.82. The Labute approximate surface area is 108 Å². The van der Waals surface area contributed by atoms with Crippen LogP contribution in [0.1, 0.15) is 51.4 Å². The first-order chi connectivity index (χ1) is 8.52. The predicted molar refractivity (Wildman–Crippen MR) is 66.5 cm³/mol. The lowest BCUT2D eigenvalue weighted by molar-refractivity contribution is -0.205. The lowest BCUT2D eigenvalue weighted by Gasteiger charge is -2.66. The number of hydrogen-bond donors (Lipinski definition) is 1. The Kier molecular flexibility index (Phi) is 2.50. The molecule has 3 nitrogen and oxygen atoms in total. The normalized spacial score (nSPS) is 39.7. The van der Waals surface area contributed by atoms with Gasteiger partial charge in [0.1, 0.15) is 5.60 Å². The smallest absolute Gasteiger partial charge is 0.311 e. The van der Waals surface area contributed by atoms with Gasteiger partial charge in [-0.2, -0.15) is 0 Å². The zero-order valence-corrected chi connectivity index (χ0v) is 10.9. The molecule has 4 aliphatic carbocycles. The SMILES string of the molecule is COC(=O)C12CC(C#CC3(O)CCCCC3)(C1)C2. The van der Waals surface area contributed by atoms with Crippen LogP contribution in [0.15, 0.2) is 0 Å². The molecular formula is C15H20O3. The molecule has 98 valence electrons. The Bertz CT molecular complexity index is 415. The number of rotatable bonds is 1. The van der Waals surface area contributed by atoms with Crippen LogP contribution in [-0.2, 0) is 9.53 Å². The largest absolute Gasteiger partial charge is 0.469 e. The van der Waals surface area contributed by atoms with Crippen molar-refractivity contribution in [2.45, 2.75) is 57.0 Å². The molecule has 1 N–H and O–H groups in total. The first-order valence-corrected chi connectivity index (χ1v) is 6.87. The second kappa shape index (κ2) is 3.74. The van der Waals surface area contributed by atoms with Gasteiger partial charge in [-0.05, 0) is 44.9 Å². The summed E-state index contributed by atoms with van der Waals surface area (Å²) >= 11 is 0. The standard InChI is InChI=1S/C15H20O3/c1-18-12(16)14-9-13(10-14,11-14)7-8-15(17)5-3-2-4-6-15/h17H,2-6,9-11H2,1H3. The van der Waals surface area contributed by atoms with Crippen LogP contribution in [0.25, 0.3) is 0 Å². The summed E-state index contributed by atoms with van der Waals surface area (Å²) in [5.74, 6) is 6.29. The van der Waals surface area contributed by atoms with E-state index >= 15 is 0 Å². The van der Waals surface area contributed by atoms with E-state index < -0.39 is 5.60 Å². The van der Waals surface area contributed by atoms with Gasteiger partial charge in [-0.1, -0.05) is 18.3 Å². The molecule has 4 aliphatic rings. The van der Waals surface area contributed by atoms with Gasteiger partial charge in [-0.3, -0.25) is 4.79 Å². The highest BCUT2D eigenvalue weighted by atomic mass is 16.5. The van der Waals surface area contributed by atoms with Gasteiger partial charge in [0.05, 0.1) is 12.5 Å². The fraction of sp³-hybridized carbons (Fsp3) is 0.800. The van der Waals surface area contributed by atoms with E-state index in [-0.39, 0.29) is 16.8 Å². The fourth-order valence-electron chi connectivity index (χ4n) is 3.86. The maximum Gasteiger partial charge on any atom is 0.311 e. The number of esters is 1. The highest BCUT2D eigenvalue weighted by Gasteiger charge is 2.72. The van der Waals surface area contributed by atoms with E-state index in [1.807, 2.05) is 0 Å². The predicted octanol–water partition coefficient (Wildman–Crippen LogP) is 2.03. The molecule has 0 aromatic heterocycles. The zero-order chi connectivity index (χ0) is 12.9. The van der Waals surface area contributed by atoms with Crippen molar-refractivity contribution in [3.8, 4) is 11.8 Å². The van der Waals surface area contributed by atoms with Gasteiger partial charge in [-0.15, -0.1) is 0 Å². The van der Waals surface area contributed by atoms with Crippen LogP contribution in [0.4, 0.5) is 0 Å². The van der Waals surface area contributed by atoms with Crippen LogP contribution < -0.4 is 0 Å². The summed E-state index contributed by atoms with van der Waals surface area (Å²) < 4.78 is 4.82. The highest BCUT2D eigenvalue weighted by Crippen LogP contribution is 2.73. The van der Waals surface area contributed by atoms with Crippen molar-refractivity contribution in [3.63, 3.8) is 0 Å². The molecule has 0 aliphatic heterocycles. The molecule has 18 heavy (non-hydrogen) atoms. The maximum absolute atomic E-state index is 11.5. The molecule has 0 heterocycles. The lowest BCUT2D eigenvalue weighted by atomic mass is 9.35. The Morgan fingerprint density at radius 1 is 1.11 bits per heavy atom. The van der Waals surface area contributed by atoms with Gasteiger partial charge in [-0.25, -0.2) is 0 Å². The summed E-state index contributed by atoms with van der Waals surface area (Å²) in [7, 11) is 1.45. The number of methoxy groups -OCH3 is 1. The van der Waals surface area contributed by atoms with Crippen molar-refractivity contribution in [2.75, 3.05) is 7.11 Å². The van der Waals surface area contributed by atoms with Crippen LogP contribution in [0.2, 0.25) is 0 Å². The van der Waals surface area contributed by atoms with Crippen LogP contribution >= 0.6 is 0 Å². The summed E-state index contributed by atoms with van der Waals surface area (Å²) in [6.45, 7) is 0. The number of aliphatic hydroxyl groups is 1. The summed E-state index contributed by atoms with van der Waals surface area (Å²) in [6, 6.07) is 0. The van der Waals surface area contributed by atoms with E-state index in [1.165, 1.54) is 13.5 Å². The van der Waals surface area contributed by atoms with Crippen molar-refractivity contribution >= 4 is 5.97 Å². The molecule has 3 heteroatoms. The van der Waals surface area contributed by atoms with Crippen molar-refractivity contribution in [3.05, 3.63) is 0 Å². The van der Waals surface area contributed by atoms with Crippen molar-refractivity contribution < 1.29 is 14.6 Å². The minimum absolute atomic E-state index is 0.0152. The zero-order valence-electron chi connectivity index (χ0n) is 10.9. The first-order valence-electron chi connectivity index (χ1n) is 6.87. The summed E-state index contributed by atoms with van der Waals surface area (Å²) in [4.78, 5) is 11.5. The molecule has 0 spiro atoms. The van der Waals surface area contributed by atoms with E-state index in [0.717, 1.165) is 44.9 Å². The van der Waals surface area contributed by atoms with Crippen molar-refractivity contribution in [1.82, 2.24) is 0 Å². The first kappa shape index (κ1) is 12.0. The van der Waals surface area contributed by atoms with Crippen molar-refractivity contribution in [1.29, 1.82) is 0 Å². The Morgan fingerprint density at radius 3 is 2.28 bits per heavy atom. The van der Waals surface area contributed by atoms with Gasteiger partial charge >= 0.3 is 5.97 Å². The molecule has 4 fully saturated rings. The summed E-state index contributed by atoms with van der Waals surface area (Å²) in [5, 5.41) is 10.3. The fourth-order valence-corrected chi connectivity index (χ4v) is 3.86. The van der Waals surface area contributed by atoms with E-state index in [9.17, 15) is 9.90 Å². The van der Waals surface area contributed by atoms with E-state index in [0.29, 0.717) is 0 Å². The second-order valence-electron chi connectivity index (χ2n) is 6.42. The minimum atomic E-state index is -0.758. The summed E-state index contributed by atoms with van der Waals surface area (Å²) in [5.41, 5.74) is -0.966. The van der Waals surface area contributed by atoms with Crippen LogP contribution in [0.3, 0.4) is 0 Å². The summed E-state index contributed by atoms with van der Waals surface area (Å²) in [6.07, 6.45) is 7.45. The van der Waals surface area contributed by atoms with Gasteiger partial charge in [0, 0.05) is 5.41 Å². The Hall–Kier alpha value is -1.01. The second-order valence-corrected chi connectivity index (χ2v) is 6.42. The number of hydrogen-bond acceptors (Lipinski definition) is 3. The average Bonchev–Trinajstić information content (AvgIpc) is 2.26.